The Bertz CT molecular complexity index is 1030. The first-order valence-corrected chi connectivity index (χ1v) is 13.7. The molecule has 9 heteroatoms. The Labute approximate surface area is 224 Å². The maximum absolute atomic E-state index is 13.6. The molecular weight excluding hydrogens is 494 g/mol. The SMILES string of the molecule is CC(C)[C@@H](NC(=O)C[C@@H]1CCC2(CCOC(=O)N2)C1)C(=O)N1CC[C@](O)(c2ccc(Cl)cc2)C(C)(C)C1. The lowest BCUT2D eigenvalue weighted by Gasteiger charge is -2.51. The zero-order valence-electron chi connectivity index (χ0n) is 22.3. The van der Waals surface area contributed by atoms with Crippen molar-refractivity contribution < 1.29 is 24.2 Å². The number of benzene rings is 1. The zero-order chi connectivity index (χ0) is 27.0. The number of hydrogen-bond acceptors (Lipinski definition) is 5. The third-order valence-corrected chi connectivity index (χ3v) is 8.95. The van der Waals surface area contributed by atoms with Gasteiger partial charge in [0, 0.05) is 41.9 Å². The Morgan fingerprint density at radius 3 is 2.54 bits per heavy atom. The molecule has 2 saturated heterocycles. The summed E-state index contributed by atoms with van der Waals surface area (Å²) in [4.78, 5) is 40.1. The third-order valence-electron chi connectivity index (χ3n) is 8.70. The first-order valence-electron chi connectivity index (χ1n) is 13.4. The van der Waals surface area contributed by atoms with Crippen molar-refractivity contribution in [2.24, 2.45) is 17.3 Å². The maximum atomic E-state index is 13.6. The van der Waals surface area contributed by atoms with Crippen LogP contribution in [0.3, 0.4) is 0 Å². The van der Waals surface area contributed by atoms with Gasteiger partial charge in [-0.1, -0.05) is 51.4 Å². The van der Waals surface area contributed by atoms with Crippen LogP contribution >= 0.6 is 11.6 Å². The minimum atomic E-state index is -1.09. The quantitative estimate of drug-likeness (QED) is 0.512. The molecular formula is C28H40ClN3O5. The van der Waals surface area contributed by atoms with Gasteiger partial charge >= 0.3 is 6.09 Å². The van der Waals surface area contributed by atoms with Gasteiger partial charge in [0.05, 0.1) is 12.2 Å². The summed E-state index contributed by atoms with van der Waals surface area (Å²) in [5, 5.41) is 18.2. The van der Waals surface area contributed by atoms with Gasteiger partial charge in [-0.15, -0.1) is 0 Å². The van der Waals surface area contributed by atoms with Gasteiger partial charge < -0.3 is 25.4 Å². The number of likely N-dealkylation sites (tertiary alicyclic amines) is 1. The molecule has 1 aliphatic carbocycles. The van der Waals surface area contributed by atoms with Gasteiger partial charge in [-0.05, 0) is 55.2 Å². The summed E-state index contributed by atoms with van der Waals surface area (Å²) in [6.07, 6.45) is 3.55. The number of amides is 3. The highest BCUT2D eigenvalue weighted by Crippen LogP contribution is 2.46. The van der Waals surface area contributed by atoms with Gasteiger partial charge in [0.1, 0.15) is 6.04 Å². The van der Waals surface area contributed by atoms with E-state index in [1.165, 1.54) is 0 Å². The molecule has 1 saturated carbocycles. The molecule has 204 valence electrons. The summed E-state index contributed by atoms with van der Waals surface area (Å²) >= 11 is 6.04. The minimum Gasteiger partial charge on any atom is -0.449 e. The molecule has 8 nitrogen and oxygen atoms in total. The van der Waals surface area contributed by atoms with Crippen LogP contribution in [0.25, 0.3) is 0 Å². The van der Waals surface area contributed by atoms with E-state index < -0.39 is 17.1 Å². The van der Waals surface area contributed by atoms with Crippen molar-refractivity contribution in [2.75, 3.05) is 19.7 Å². The normalized spacial score (nSPS) is 30.1. The lowest BCUT2D eigenvalue weighted by molar-refractivity contribution is -0.156. The van der Waals surface area contributed by atoms with Crippen LogP contribution in [0.4, 0.5) is 4.79 Å². The average Bonchev–Trinajstić information content (AvgIpc) is 3.19. The van der Waals surface area contributed by atoms with Crippen molar-refractivity contribution in [2.45, 2.75) is 83.4 Å². The van der Waals surface area contributed by atoms with E-state index in [4.69, 9.17) is 16.3 Å². The Kier molecular flexibility index (Phi) is 7.82. The molecule has 1 aromatic rings. The number of ether oxygens (including phenoxy) is 1. The maximum Gasteiger partial charge on any atom is 0.407 e. The van der Waals surface area contributed by atoms with Gasteiger partial charge in [-0.25, -0.2) is 4.79 Å². The molecule has 3 N–H and O–H groups in total. The van der Waals surface area contributed by atoms with E-state index in [9.17, 15) is 19.5 Å². The molecule has 0 bridgehead atoms. The van der Waals surface area contributed by atoms with Crippen LogP contribution in [0, 0.1) is 17.3 Å². The van der Waals surface area contributed by atoms with Crippen LogP contribution in [-0.2, 0) is 19.9 Å². The third kappa shape index (κ3) is 5.75. The number of cyclic esters (lactones) is 1. The summed E-state index contributed by atoms with van der Waals surface area (Å²) < 4.78 is 5.01. The number of aliphatic hydroxyl groups is 1. The summed E-state index contributed by atoms with van der Waals surface area (Å²) in [5.41, 5.74) is -1.18. The summed E-state index contributed by atoms with van der Waals surface area (Å²) in [5.74, 6) is -0.179. The molecule has 37 heavy (non-hydrogen) atoms. The van der Waals surface area contributed by atoms with Crippen molar-refractivity contribution in [1.29, 1.82) is 0 Å². The molecule has 3 amide bonds. The van der Waals surface area contributed by atoms with Gasteiger partial charge in [-0.3, -0.25) is 9.59 Å². The van der Waals surface area contributed by atoms with E-state index in [0.717, 1.165) is 31.2 Å². The Balaban J connectivity index is 1.37. The Hall–Kier alpha value is -2.32. The Morgan fingerprint density at radius 2 is 1.92 bits per heavy atom. The first-order chi connectivity index (χ1) is 17.3. The fourth-order valence-corrected chi connectivity index (χ4v) is 6.51. The minimum absolute atomic E-state index is 0.0821. The highest BCUT2D eigenvalue weighted by Gasteiger charge is 2.50. The monoisotopic (exact) mass is 533 g/mol. The van der Waals surface area contributed by atoms with Gasteiger partial charge in [-0.2, -0.15) is 0 Å². The topological polar surface area (TPSA) is 108 Å². The van der Waals surface area contributed by atoms with Gasteiger partial charge in [0.15, 0.2) is 0 Å². The first kappa shape index (κ1) is 27.7. The molecule has 4 atom stereocenters. The molecule has 1 aromatic carbocycles. The Morgan fingerprint density at radius 1 is 1.22 bits per heavy atom. The van der Waals surface area contributed by atoms with E-state index >= 15 is 0 Å². The smallest absolute Gasteiger partial charge is 0.407 e. The molecule has 0 radical (unpaired) electrons. The lowest BCUT2D eigenvalue weighted by atomic mass is 9.66. The van der Waals surface area contributed by atoms with Crippen LogP contribution in [-0.4, -0.2) is 59.2 Å². The molecule has 3 aliphatic rings. The number of halogens is 1. The predicted octanol–water partition coefficient (Wildman–Crippen LogP) is 3.99. The molecule has 2 aliphatic heterocycles. The molecule has 3 fully saturated rings. The number of hydrogen-bond donors (Lipinski definition) is 3. The number of piperidine rings is 1. The van der Waals surface area contributed by atoms with Crippen LogP contribution < -0.4 is 10.6 Å². The number of carbonyl (C=O) groups is 3. The number of nitrogens with one attached hydrogen (secondary N) is 2. The van der Waals surface area contributed by atoms with E-state index in [1.54, 1.807) is 17.0 Å². The average molecular weight is 534 g/mol. The number of rotatable bonds is 6. The number of carbonyl (C=O) groups excluding carboxylic acids is 3. The molecule has 0 aromatic heterocycles. The standard InChI is InChI=1S/C28H40ClN3O5/c1-18(2)23(30-22(33)15-19-9-10-27(16-19)12-14-37-25(35)31-27)24(34)32-13-11-28(36,26(3,4)17-32)20-5-7-21(29)8-6-20/h5-8,18-19,23,36H,9-17H2,1-4H3,(H,30,33)(H,31,35)/t19-,23+,27?,28-/m0/s1. The second-order valence-corrected chi connectivity index (χ2v) is 12.6. The number of nitrogens with zero attached hydrogens (tertiary/aromatic N) is 1. The second-order valence-electron chi connectivity index (χ2n) is 12.2. The molecule has 2 heterocycles. The van der Waals surface area contributed by atoms with Gasteiger partial charge in [0.2, 0.25) is 11.8 Å². The highest BCUT2D eigenvalue weighted by atomic mass is 35.5. The van der Waals surface area contributed by atoms with Crippen LogP contribution in [0.1, 0.15) is 71.8 Å². The van der Waals surface area contributed by atoms with Crippen molar-refractivity contribution in [3.05, 3.63) is 34.9 Å². The lowest BCUT2D eigenvalue weighted by Crippen LogP contribution is -2.60. The van der Waals surface area contributed by atoms with Crippen molar-refractivity contribution in [1.82, 2.24) is 15.5 Å². The predicted molar refractivity (Wildman–Crippen MR) is 141 cm³/mol. The fraction of sp³-hybridized carbons (Fsp3) is 0.679. The highest BCUT2D eigenvalue weighted by molar-refractivity contribution is 6.30. The zero-order valence-corrected chi connectivity index (χ0v) is 23.1. The van der Waals surface area contributed by atoms with Crippen molar-refractivity contribution >= 4 is 29.5 Å². The molecule has 4 rings (SSSR count). The fourth-order valence-electron chi connectivity index (χ4n) is 6.38. The molecule has 1 unspecified atom stereocenters. The van der Waals surface area contributed by atoms with Crippen LogP contribution in [0.2, 0.25) is 5.02 Å². The van der Waals surface area contributed by atoms with Gasteiger partial charge in [0.25, 0.3) is 0 Å². The van der Waals surface area contributed by atoms with Crippen molar-refractivity contribution in [3.63, 3.8) is 0 Å². The van der Waals surface area contributed by atoms with E-state index in [0.29, 0.717) is 37.6 Å². The second kappa shape index (κ2) is 10.4. The summed E-state index contributed by atoms with van der Waals surface area (Å²) in [6.45, 7) is 8.98. The van der Waals surface area contributed by atoms with E-state index in [2.05, 4.69) is 10.6 Å². The van der Waals surface area contributed by atoms with Crippen molar-refractivity contribution in [3.8, 4) is 0 Å². The van der Waals surface area contributed by atoms with Crippen LogP contribution in [0.15, 0.2) is 24.3 Å². The largest absolute Gasteiger partial charge is 0.449 e. The van der Waals surface area contributed by atoms with E-state index in [-0.39, 0.29) is 35.3 Å². The summed E-state index contributed by atoms with van der Waals surface area (Å²) in [6, 6.07) is 6.60. The molecule has 1 spiro atoms. The summed E-state index contributed by atoms with van der Waals surface area (Å²) in [7, 11) is 0. The van der Waals surface area contributed by atoms with Crippen LogP contribution in [0.5, 0.6) is 0 Å². The van der Waals surface area contributed by atoms with E-state index in [1.807, 2.05) is 39.8 Å². The number of alkyl carbamates (subject to hydrolysis) is 1.